The van der Waals surface area contributed by atoms with Crippen molar-refractivity contribution in [2.45, 2.75) is 31.0 Å². The third-order valence-electron chi connectivity index (χ3n) is 2.62. The lowest BCUT2D eigenvalue weighted by molar-refractivity contribution is -0.139. The monoisotopic (exact) mass is 307 g/mol. The summed E-state index contributed by atoms with van der Waals surface area (Å²) in [6, 6.07) is 4.54. The second-order valence-corrected chi connectivity index (χ2v) is 5.48. The van der Waals surface area contributed by atoms with Gasteiger partial charge in [-0.15, -0.1) is 11.8 Å². The molecule has 0 heterocycles. The van der Waals surface area contributed by atoms with Gasteiger partial charge in [0.05, 0.1) is 12.2 Å². The van der Waals surface area contributed by atoms with Gasteiger partial charge in [0.2, 0.25) is 0 Å². The molecule has 114 valence electrons. The third kappa shape index (κ3) is 5.73. The van der Waals surface area contributed by atoms with Crippen LogP contribution in [0.3, 0.4) is 0 Å². The number of rotatable bonds is 8. The molecule has 1 rings (SSSR count). The number of alkyl halides is 3. The molecule has 0 amide bonds. The Hall–Kier alpha value is -0.720. The highest BCUT2D eigenvalue weighted by Gasteiger charge is 2.33. The van der Waals surface area contributed by atoms with Crippen LogP contribution in [0.15, 0.2) is 23.1 Å². The second kappa shape index (κ2) is 8.54. The van der Waals surface area contributed by atoms with Crippen LogP contribution in [0.2, 0.25) is 0 Å². The summed E-state index contributed by atoms with van der Waals surface area (Å²) in [5.74, 6) is 0.689. The molecule has 0 spiro atoms. The first-order valence-electron chi connectivity index (χ1n) is 6.51. The number of thioether (sulfide) groups is 1. The molecular formula is C14H20F3NOS. The number of halogens is 3. The van der Waals surface area contributed by atoms with E-state index in [1.54, 1.807) is 19.2 Å². The quantitative estimate of drug-likeness (QED) is 0.580. The van der Waals surface area contributed by atoms with Crippen molar-refractivity contribution in [2.75, 3.05) is 26.0 Å². The van der Waals surface area contributed by atoms with E-state index in [9.17, 15) is 13.2 Å². The molecule has 0 saturated heterocycles. The molecule has 0 bridgehead atoms. The molecule has 0 radical (unpaired) electrons. The normalized spacial score (nSPS) is 11.8. The van der Waals surface area contributed by atoms with E-state index >= 15 is 0 Å². The zero-order valence-electron chi connectivity index (χ0n) is 11.7. The van der Waals surface area contributed by atoms with Gasteiger partial charge in [0.1, 0.15) is 0 Å². The molecule has 0 saturated carbocycles. The SMILES string of the molecule is CCCSc1ccc(CNCCOC)cc1C(F)(F)F. The van der Waals surface area contributed by atoms with Crippen LogP contribution in [0.5, 0.6) is 0 Å². The second-order valence-electron chi connectivity index (χ2n) is 4.35. The first kappa shape index (κ1) is 17.3. The Balaban J connectivity index is 2.79. The first-order valence-corrected chi connectivity index (χ1v) is 7.50. The topological polar surface area (TPSA) is 21.3 Å². The number of nitrogens with one attached hydrogen (secondary N) is 1. The molecule has 0 aliphatic heterocycles. The minimum Gasteiger partial charge on any atom is -0.383 e. The molecule has 0 aliphatic rings. The molecule has 20 heavy (non-hydrogen) atoms. The van der Waals surface area contributed by atoms with Crippen LogP contribution in [0.4, 0.5) is 13.2 Å². The Morgan fingerprint density at radius 2 is 2.05 bits per heavy atom. The lowest BCUT2D eigenvalue weighted by Crippen LogP contribution is -2.19. The van der Waals surface area contributed by atoms with Gasteiger partial charge in [-0.3, -0.25) is 0 Å². The van der Waals surface area contributed by atoms with Crippen molar-refractivity contribution in [3.8, 4) is 0 Å². The first-order chi connectivity index (χ1) is 9.49. The largest absolute Gasteiger partial charge is 0.417 e. The Bertz CT molecular complexity index is 410. The van der Waals surface area contributed by atoms with Crippen molar-refractivity contribution in [1.82, 2.24) is 5.32 Å². The fraction of sp³-hybridized carbons (Fsp3) is 0.571. The summed E-state index contributed by atoms with van der Waals surface area (Å²) < 4.78 is 44.0. The van der Waals surface area contributed by atoms with Crippen LogP contribution in [-0.2, 0) is 17.5 Å². The fourth-order valence-electron chi connectivity index (χ4n) is 1.65. The summed E-state index contributed by atoms with van der Waals surface area (Å²) in [5.41, 5.74) is 0.0938. The molecule has 6 heteroatoms. The molecule has 0 unspecified atom stereocenters. The predicted octanol–water partition coefficient (Wildman–Crippen LogP) is 3.94. The highest BCUT2D eigenvalue weighted by Crippen LogP contribution is 2.37. The van der Waals surface area contributed by atoms with Gasteiger partial charge in [0.15, 0.2) is 0 Å². The maximum atomic E-state index is 13.0. The molecule has 0 aromatic heterocycles. The van der Waals surface area contributed by atoms with E-state index in [4.69, 9.17) is 4.74 Å². The lowest BCUT2D eigenvalue weighted by Gasteiger charge is -2.14. The summed E-state index contributed by atoms with van der Waals surface area (Å²) in [5, 5.41) is 3.04. The van der Waals surface area contributed by atoms with Gasteiger partial charge in [-0.05, 0) is 29.9 Å². The van der Waals surface area contributed by atoms with Gasteiger partial charge in [-0.2, -0.15) is 13.2 Å². The average molecular weight is 307 g/mol. The molecule has 1 aromatic carbocycles. The molecule has 0 atom stereocenters. The molecule has 0 aliphatic carbocycles. The van der Waals surface area contributed by atoms with Gasteiger partial charge < -0.3 is 10.1 Å². The molecule has 1 N–H and O–H groups in total. The zero-order chi connectivity index (χ0) is 15.0. The maximum Gasteiger partial charge on any atom is 0.417 e. The highest BCUT2D eigenvalue weighted by atomic mass is 32.2. The fourth-order valence-corrected chi connectivity index (χ4v) is 2.57. The van der Waals surface area contributed by atoms with Gasteiger partial charge in [0.25, 0.3) is 0 Å². The van der Waals surface area contributed by atoms with E-state index in [1.807, 2.05) is 6.92 Å². The van der Waals surface area contributed by atoms with Crippen LogP contribution in [-0.4, -0.2) is 26.0 Å². The Morgan fingerprint density at radius 1 is 1.30 bits per heavy atom. The molecule has 0 fully saturated rings. The predicted molar refractivity (Wildman–Crippen MR) is 76.0 cm³/mol. The van der Waals surface area contributed by atoms with E-state index in [0.717, 1.165) is 6.42 Å². The van der Waals surface area contributed by atoms with E-state index < -0.39 is 11.7 Å². The Morgan fingerprint density at radius 3 is 2.65 bits per heavy atom. The minimum atomic E-state index is -4.31. The smallest absolute Gasteiger partial charge is 0.383 e. The highest BCUT2D eigenvalue weighted by molar-refractivity contribution is 7.99. The van der Waals surface area contributed by atoms with Gasteiger partial charge in [0, 0.05) is 25.1 Å². The number of benzene rings is 1. The van der Waals surface area contributed by atoms with Crippen molar-refractivity contribution in [2.24, 2.45) is 0 Å². The van der Waals surface area contributed by atoms with Crippen LogP contribution in [0.25, 0.3) is 0 Å². The van der Waals surface area contributed by atoms with Gasteiger partial charge in [-0.25, -0.2) is 0 Å². The standard InChI is InChI=1S/C14H20F3NOS/c1-3-8-20-13-5-4-11(10-18-6-7-19-2)9-12(13)14(15,16)17/h4-5,9,18H,3,6-8,10H2,1-2H3. The summed E-state index contributed by atoms with van der Waals surface area (Å²) in [7, 11) is 1.59. The molecule has 2 nitrogen and oxygen atoms in total. The van der Waals surface area contributed by atoms with Crippen molar-refractivity contribution in [1.29, 1.82) is 0 Å². The summed E-state index contributed by atoms with van der Waals surface area (Å²) >= 11 is 1.25. The zero-order valence-corrected chi connectivity index (χ0v) is 12.5. The number of ether oxygens (including phenoxy) is 1. The van der Waals surface area contributed by atoms with Gasteiger partial charge in [-0.1, -0.05) is 13.0 Å². The van der Waals surface area contributed by atoms with Crippen molar-refractivity contribution < 1.29 is 17.9 Å². The molecular weight excluding hydrogens is 287 g/mol. The Labute approximate surface area is 122 Å². The number of methoxy groups -OCH3 is 1. The maximum absolute atomic E-state index is 13.0. The van der Waals surface area contributed by atoms with Gasteiger partial charge >= 0.3 is 6.18 Å². The van der Waals surface area contributed by atoms with E-state index in [1.165, 1.54) is 17.8 Å². The van der Waals surface area contributed by atoms with E-state index in [2.05, 4.69) is 5.32 Å². The number of hydrogen-bond donors (Lipinski definition) is 1. The van der Waals surface area contributed by atoms with Crippen LogP contribution >= 0.6 is 11.8 Å². The van der Waals surface area contributed by atoms with Crippen LogP contribution in [0, 0.1) is 0 Å². The average Bonchev–Trinajstić information content (AvgIpc) is 2.41. The third-order valence-corrected chi connectivity index (χ3v) is 3.90. The summed E-state index contributed by atoms with van der Waals surface area (Å²) in [6.45, 7) is 3.51. The summed E-state index contributed by atoms with van der Waals surface area (Å²) in [6.07, 6.45) is -3.46. The van der Waals surface area contributed by atoms with Crippen LogP contribution < -0.4 is 5.32 Å². The lowest BCUT2D eigenvalue weighted by atomic mass is 10.1. The minimum absolute atomic E-state index is 0.306. The number of hydrogen-bond acceptors (Lipinski definition) is 3. The Kier molecular flexibility index (Phi) is 7.40. The molecule has 1 aromatic rings. The van der Waals surface area contributed by atoms with Crippen LogP contribution in [0.1, 0.15) is 24.5 Å². The van der Waals surface area contributed by atoms with Crippen molar-refractivity contribution >= 4 is 11.8 Å². The van der Waals surface area contributed by atoms with E-state index in [-0.39, 0.29) is 0 Å². The van der Waals surface area contributed by atoms with Crippen molar-refractivity contribution in [3.63, 3.8) is 0 Å². The van der Waals surface area contributed by atoms with E-state index in [0.29, 0.717) is 35.9 Å². The van der Waals surface area contributed by atoms with Crippen molar-refractivity contribution in [3.05, 3.63) is 29.3 Å². The summed E-state index contributed by atoms with van der Waals surface area (Å²) in [4.78, 5) is 0.306.